The first kappa shape index (κ1) is 42.2. The van der Waals surface area contributed by atoms with Gasteiger partial charge in [0.05, 0.1) is 103 Å². The second-order valence-electron chi connectivity index (χ2n) is 19.9. The van der Waals surface area contributed by atoms with Gasteiger partial charge >= 0.3 is 15.6 Å². The van der Waals surface area contributed by atoms with Gasteiger partial charge in [-0.05, 0) is 57.7 Å². The number of halogens is 3. The fourth-order valence-electron chi connectivity index (χ4n) is 10.7. The number of hydrogen-bond donors (Lipinski definition) is 0. The summed E-state index contributed by atoms with van der Waals surface area (Å²) in [4.78, 5) is 0. The molecule has 0 N–H and O–H groups in total. The molecule has 0 bridgehead atoms. The molecule has 0 aromatic carbocycles. The summed E-state index contributed by atoms with van der Waals surface area (Å²) in [5.74, 6) is -0.681. The van der Waals surface area contributed by atoms with E-state index in [0.29, 0.717) is 38.5 Å². The molecule has 0 spiro atoms. The van der Waals surface area contributed by atoms with Gasteiger partial charge in [-0.3, -0.25) is 0 Å². The lowest BCUT2D eigenvalue weighted by Crippen LogP contribution is -2.65. The predicted octanol–water partition coefficient (Wildman–Crippen LogP) is 6.32. The van der Waals surface area contributed by atoms with E-state index in [2.05, 4.69) is 51.9 Å². The summed E-state index contributed by atoms with van der Waals surface area (Å²) in [5.41, 5.74) is -6.12. The molecule has 0 amide bonds. The van der Waals surface area contributed by atoms with Crippen molar-refractivity contribution in [1.82, 2.24) is 0 Å². The minimum absolute atomic E-state index is 0.00241. The topological polar surface area (TPSA) is 136 Å². The predicted molar refractivity (Wildman–Crippen MR) is 201 cm³/mol. The highest BCUT2D eigenvalue weighted by Crippen LogP contribution is 2.49. The third kappa shape index (κ3) is 7.93. The lowest BCUT2D eigenvalue weighted by atomic mass is 9.80. The van der Waals surface area contributed by atoms with Crippen molar-refractivity contribution in [1.29, 1.82) is 0 Å². The van der Waals surface area contributed by atoms with Crippen LogP contribution in [0.15, 0.2) is 12.0 Å². The van der Waals surface area contributed by atoms with Gasteiger partial charge in [-0.1, -0.05) is 20.8 Å². The van der Waals surface area contributed by atoms with Crippen molar-refractivity contribution in [2.75, 3.05) is 0 Å². The van der Waals surface area contributed by atoms with E-state index in [-0.39, 0.29) is 103 Å². The van der Waals surface area contributed by atoms with E-state index in [1.165, 1.54) is 6.08 Å². The molecule has 9 aliphatic rings. The molecule has 8 fully saturated rings. The van der Waals surface area contributed by atoms with Crippen LogP contribution >= 0.6 is 0 Å². The van der Waals surface area contributed by atoms with E-state index in [1.807, 2.05) is 0 Å². The minimum Gasteiger partial charge on any atom is -0.459 e. The van der Waals surface area contributed by atoms with Gasteiger partial charge in [-0.2, -0.15) is 21.6 Å². The molecular formula is C40H61F3O13SSi. The standard InChI is InChI=1S/C40H61F3O13SSi/c1-20-25(56-58(6,7)38(2,3)4)14-28-27(46-20)18-34-24(49-28)10-12-36-39(5,54-34)19-35-33(52-36)17-31-32(51-35)16-29-30(50-31)15-26-23(48-29)9-8-22-21(47-26)11-13-37(53-22)55-57(44,45)40(41,42)43/h13,20-36H,8-12,14-19H2,1-7H3/t20-,21+,22-,23+,24+,25+,26-,27+,28-,29-,30+,31-,32+,33+,34-,35-,36-,39+/m1/s1. The molecule has 58 heavy (non-hydrogen) atoms. The monoisotopic (exact) mass is 866 g/mol. The highest BCUT2D eigenvalue weighted by atomic mass is 32.2. The van der Waals surface area contributed by atoms with Gasteiger partial charge in [-0.15, -0.1) is 0 Å². The lowest BCUT2D eigenvalue weighted by molar-refractivity contribution is -0.323. The molecule has 0 radical (unpaired) electrons. The van der Waals surface area contributed by atoms with Crippen LogP contribution in [0.25, 0.3) is 0 Å². The molecule has 13 nitrogen and oxygen atoms in total. The van der Waals surface area contributed by atoms with E-state index in [4.69, 9.17) is 47.1 Å². The van der Waals surface area contributed by atoms with Crippen LogP contribution in [-0.4, -0.2) is 132 Å². The Morgan fingerprint density at radius 2 is 1.17 bits per heavy atom. The summed E-state index contributed by atoms with van der Waals surface area (Å²) in [6.45, 7) is 15.7. The van der Waals surface area contributed by atoms with Crippen molar-refractivity contribution in [2.45, 2.75) is 238 Å². The zero-order valence-corrected chi connectivity index (χ0v) is 36.3. The Kier molecular flexibility index (Phi) is 11.0. The average Bonchev–Trinajstić information content (AvgIpc) is 3.37. The number of ether oxygens (including phenoxy) is 9. The Labute approximate surface area is 340 Å². The molecule has 0 saturated carbocycles. The van der Waals surface area contributed by atoms with Gasteiger partial charge in [0.1, 0.15) is 6.10 Å². The van der Waals surface area contributed by atoms with Gasteiger partial charge < -0.3 is 51.2 Å². The third-order valence-electron chi connectivity index (χ3n) is 14.9. The Morgan fingerprint density at radius 1 is 0.672 bits per heavy atom. The Balaban J connectivity index is 0.810. The highest BCUT2D eigenvalue weighted by Gasteiger charge is 2.59. The van der Waals surface area contributed by atoms with Gasteiger partial charge in [0.25, 0.3) is 5.95 Å². The van der Waals surface area contributed by atoms with Gasteiger partial charge in [0.15, 0.2) is 8.32 Å². The number of rotatable bonds is 4. The van der Waals surface area contributed by atoms with Crippen molar-refractivity contribution in [3.05, 3.63) is 12.0 Å². The largest absolute Gasteiger partial charge is 0.534 e. The zero-order valence-electron chi connectivity index (χ0n) is 34.5. The van der Waals surface area contributed by atoms with Gasteiger partial charge in [0.2, 0.25) is 0 Å². The Morgan fingerprint density at radius 3 is 1.83 bits per heavy atom. The molecule has 9 aliphatic heterocycles. The van der Waals surface area contributed by atoms with E-state index in [9.17, 15) is 21.6 Å². The fourth-order valence-corrected chi connectivity index (χ4v) is 12.5. The van der Waals surface area contributed by atoms with Crippen LogP contribution < -0.4 is 0 Å². The normalized spacial score (nSPS) is 48.2. The molecule has 0 aromatic heterocycles. The molecular weight excluding hydrogens is 806 g/mol. The van der Waals surface area contributed by atoms with Crippen LogP contribution in [0, 0.1) is 0 Å². The van der Waals surface area contributed by atoms with Crippen LogP contribution in [-0.2, 0) is 61.4 Å². The SMILES string of the molecule is C[C@H]1O[C@H]2C[C@H]3O[C@@]4(C)C[C@H]5O[C@H]6C[C@H]7O[C@H]8CC[C@H]9OC(OS(=O)(=O)C(F)(F)F)=CC[C@@H]9O[C@@H]8C[C@@H]7O[C@@H]6C[C@@H]5O[C@@H]4CC[C@@H]3O[C@@H]2C[C@@H]1O[Si](C)(C)C(C)(C)C. The summed E-state index contributed by atoms with van der Waals surface area (Å²) in [6.07, 6.45) is 4.82. The quantitative estimate of drug-likeness (QED) is 0.177. The number of hydrogen-bond acceptors (Lipinski definition) is 13. The first-order valence-electron chi connectivity index (χ1n) is 21.5. The summed E-state index contributed by atoms with van der Waals surface area (Å²) < 4.78 is 133. The van der Waals surface area contributed by atoms with Crippen LogP contribution in [0.3, 0.4) is 0 Å². The maximum atomic E-state index is 12.9. The van der Waals surface area contributed by atoms with Gasteiger partial charge in [-0.25, -0.2) is 0 Å². The highest BCUT2D eigenvalue weighted by molar-refractivity contribution is 7.87. The zero-order chi connectivity index (χ0) is 41.2. The maximum absolute atomic E-state index is 12.9. The molecule has 8 saturated heterocycles. The number of alkyl halides is 3. The van der Waals surface area contributed by atoms with Crippen molar-refractivity contribution < 1.29 is 72.8 Å². The second-order valence-corrected chi connectivity index (χ2v) is 26.2. The fraction of sp³-hybridized carbons (Fsp3) is 0.950. The summed E-state index contributed by atoms with van der Waals surface area (Å²) in [7, 11) is -7.83. The van der Waals surface area contributed by atoms with Crippen LogP contribution in [0.1, 0.15) is 105 Å². The van der Waals surface area contributed by atoms with E-state index in [0.717, 1.165) is 25.7 Å². The van der Waals surface area contributed by atoms with Gasteiger partial charge in [0, 0.05) is 51.0 Å². The maximum Gasteiger partial charge on any atom is 0.534 e. The number of fused-ring (bicyclic) bond motifs is 8. The summed E-state index contributed by atoms with van der Waals surface area (Å²) in [5, 5.41) is 0.109. The molecule has 0 unspecified atom stereocenters. The van der Waals surface area contributed by atoms with E-state index >= 15 is 0 Å². The van der Waals surface area contributed by atoms with Crippen LogP contribution in [0.2, 0.25) is 18.1 Å². The van der Waals surface area contributed by atoms with Crippen molar-refractivity contribution in [2.24, 2.45) is 0 Å². The van der Waals surface area contributed by atoms with E-state index < -0.39 is 47.7 Å². The molecule has 0 aromatic rings. The minimum atomic E-state index is -5.84. The van der Waals surface area contributed by atoms with E-state index in [1.54, 1.807) is 0 Å². The molecule has 9 heterocycles. The molecule has 0 aliphatic carbocycles. The first-order chi connectivity index (χ1) is 27.1. The van der Waals surface area contributed by atoms with Crippen molar-refractivity contribution >= 4 is 18.4 Å². The Hall–Kier alpha value is -1.06. The van der Waals surface area contributed by atoms with Crippen LogP contribution in [0.5, 0.6) is 0 Å². The molecule has 18 atom stereocenters. The first-order valence-corrected chi connectivity index (χ1v) is 25.8. The average molecular weight is 867 g/mol. The second kappa shape index (κ2) is 15.0. The smallest absolute Gasteiger partial charge is 0.459 e. The van der Waals surface area contributed by atoms with Crippen molar-refractivity contribution in [3.8, 4) is 0 Å². The molecule has 330 valence electrons. The van der Waals surface area contributed by atoms with Crippen molar-refractivity contribution in [3.63, 3.8) is 0 Å². The van der Waals surface area contributed by atoms with Crippen LogP contribution in [0.4, 0.5) is 13.2 Å². The summed E-state index contributed by atoms with van der Waals surface area (Å²) >= 11 is 0. The Bertz CT molecular complexity index is 1680. The summed E-state index contributed by atoms with van der Waals surface area (Å²) in [6, 6.07) is 0. The molecule has 18 heteroatoms. The lowest BCUT2D eigenvalue weighted by Gasteiger charge is -2.55. The molecule has 9 rings (SSSR count). The third-order valence-corrected chi connectivity index (χ3v) is 20.3.